The maximum absolute atomic E-state index is 4.44. The number of anilines is 1. The van der Waals surface area contributed by atoms with Gasteiger partial charge in [-0.25, -0.2) is 9.97 Å². The van der Waals surface area contributed by atoms with Crippen molar-refractivity contribution in [3.05, 3.63) is 59.5 Å². The Labute approximate surface area is 123 Å². The summed E-state index contributed by atoms with van der Waals surface area (Å²) in [6.07, 6.45) is 7.14. The molecule has 0 aliphatic heterocycles. The van der Waals surface area contributed by atoms with E-state index < -0.39 is 0 Å². The van der Waals surface area contributed by atoms with Crippen molar-refractivity contribution >= 4 is 11.6 Å². The highest BCUT2D eigenvalue weighted by Crippen LogP contribution is 2.24. The van der Waals surface area contributed by atoms with E-state index in [1.165, 1.54) is 11.1 Å². The number of hydrogen-bond acceptors (Lipinski definition) is 3. The molecule has 1 N–H and O–H groups in total. The van der Waals surface area contributed by atoms with Crippen molar-refractivity contribution in [3.63, 3.8) is 0 Å². The molecular formula is C17H18N4. The van der Waals surface area contributed by atoms with Crippen LogP contribution in [0.2, 0.25) is 0 Å². The summed E-state index contributed by atoms with van der Waals surface area (Å²) in [6.45, 7) is 2.01. The second-order valence-corrected chi connectivity index (χ2v) is 5.73. The highest BCUT2D eigenvalue weighted by Gasteiger charge is 2.19. The van der Waals surface area contributed by atoms with Crippen LogP contribution in [0.5, 0.6) is 0 Å². The van der Waals surface area contributed by atoms with E-state index >= 15 is 0 Å². The van der Waals surface area contributed by atoms with Crippen LogP contribution in [0.15, 0.2) is 42.7 Å². The lowest BCUT2D eigenvalue weighted by molar-refractivity contribution is 0.607. The fourth-order valence-corrected chi connectivity index (χ4v) is 3.17. The Kier molecular flexibility index (Phi) is 2.88. The topological polar surface area (TPSA) is 42.2 Å². The standard InChI is InChI=1S/C17H18N4/c1-12-10-16(21-9-8-18-17(21)19-12)20-15-7-6-13-4-2-3-5-14(13)11-15/h2-5,8-10,15,20H,6-7,11H2,1H3. The van der Waals surface area contributed by atoms with Gasteiger partial charge in [-0.3, -0.25) is 4.40 Å². The van der Waals surface area contributed by atoms with Crippen LogP contribution in [0.4, 0.5) is 5.82 Å². The third kappa shape index (κ3) is 2.27. The predicted molar refractivity (Wildman–Crippen MR) is 83.6 cm³/mol. The van der Waals surface area contributed by atoms with E-state index in [0.717, 1.165) is 36.6 Å². The van der Waals surface area contributed by atoms with Crippen LogP contribution in [0.1, 0.15) is 23.2 Å². The molecule has 1 aromatic carbocycles. The Morgan fingerprint density at radius 1 is 1.24 bits per heavy atom. The van der Waals surface area contributed by atoms with E-state index in [4.69, 9.17) is 0 Å². The molecule has 4 nitrogen and oxygen atoms in total. The molecule has 0 radical (unpaired) electrons. The van der Waals surface area contributed by atoms with Gasteiger partial charge in [-0.05, 0) is 37.3 Å². The van der Waals surface area contributed by atoms with Gasteiger partial charge in [-0.2, -0.15) is 0 Å². The number of rotatable bonds is 2. The molecule has 106 valence electrons. The first-order valence-corrected chi connectivity index (χ1v) is 7.43. The molecule has 3 aromatic rings. The fourth-order valence-electron chi connectivity index (χ4n) is 3.17. The summed E-state index contributed by atoms with van der Waals surface area (Å²) in [5, 5.41) is 3.67. The van der Waals surface area contributed by atoms with E-state index in [9.17, 15) is 0 Å². The molecule has 1 aliphatic rings. The highest BCUT2D eigenvalue weighted by molar-refractivity contribution is 5.48. The summed E-state index contributed by atoms with van der Waals surface area (Å²) >= 11 is 0. The van der Waals surface area contributed by atoms with Crippen molar-refractivity contribution in [2.24, 2.45) is 0 Å². The van der Waals surface area contributed by atoms with Crippen molar-refractivity contribution in [3.8, 4) is 0 Å². The molecular weight excluding hydrogens is 260 g/mol. The summed E-state index contributed by atoms with van der Waals surface area (Å²) < 4.78 is 2.02. The zero-order valence-electron chi connectivity index (χ0n) is 12.1. The van der Waals surface area contributed by atoms with Gasteiger partial charge in [0.2, 0.25) is 5.78 Å². The van der Waals surface area contributed by atoms with E-state index in [-0.39, 0.29) is 0 Å². The summed E-state index contributed by atoms with van der Waals surface area (Å²) in [4.78, 5) is 8.72. The van der Waals surface area contributed by atoms with Crippen LogP contribution in [0.3, 0.4) is 0 Å². The first-order chi connectivity index (χ1) is 10.3. The number of hydrogen-bond donors (Lipinski definition) is 1. The molecule has 1 aliphatic carbocycles. The number of imidazole rings is 1. The number of benzene rings is 1. The number of nitrogens with zero attached hydrogens (tertiary/aromatic N) is 3. The molecule has 0 saturated heterocycles. The molecule has 4 heteroatoms. The van der Waals surface area contributed by atoms with Crippen molar-refractivity contribution in [2.45, 2.75) is 32.2 Å². The Morgan fingerprint density at radius 2 is 2.10 bits per heavy atom. The highest BCUT2D eigenvalue weighted by atomic mass is 15.2. The molecule has 21 heavy (non-hydrogen) atoms. The third-order valence-electron chi connectivity index (χ3n) is 4.20. The van der Waals surface area contributed by atoms with Gasteiger partial charge >= 0.3 is 0 Å². The van der Waals surface area contributed by atoms with Gasteiger partial charge in [0.15, 0.2) is 0 Å². The maximum Gasteiger partial charge on any atom is 0.235 e. The minimum atomic E-state index is 0.465. The first-order valence-electron chi connectivity index (χ1n) is 7.43. The molecule has 2 aromatic heterocycles. The molecule has 1 unspecified atom stereocenters. The molecule has 0 amide bonds. The monoisotopic (exact) mass is 278 g/mol. The predicted octanol–water partition coefficient (Wildman–Crippen LogP) is 3.01. The molecule has 2 heterocycles. The van der Waals surface area contributed by atoms with Gasteiger partial charge in [0.1, 0.15) is 5.82 Å². The SMILES string of the molecule is Cc1cc(NC2CCc3ccccc3C2)n2ccnc2n1. The van der Waals surface area contributed by atoms with Crippen molar-refractivity contribution in [1.29, 1.82) is 0 Å². The lowest BCUT2D eigenvalue weighted by Crippen LogP contribution is -2.28. The van der Waals surface area contributed by atoms with Gasteiger partial charge in [-0.15, -0.1) is 0 Å². The van der Waals surface area contributed by atoms with Crippen LogP contribution >= 0.6 is 0 Å². The average molecular weight is 278 g/mol. The molecule has 1 atom stereocenters. The Hall–Kier alpha value is -2.36. The van der Waals surface area contributed by atoms with Gasteiger partial charge in [0.05, 0.1) is 0 Å². The van der Waals surface area contributed by atoms with Crippen LogP contribution in [-0.4, -0.2) is 20.4 Å². The molecule has 0 bridgehead atoms. The second kappa shape index (κ2) is 4.88. The lowest BCUT2D eigenvalue weighted by atomic mass is 9.88. The number of aromatic nitrogens is 3. The van der Waals surface area contributed by atoms with Gasteiger partial charge in [-0.1, -0.05) is 24.3 Å². The normalized spacial score (nSPS) is 17.7. The lowest BCUT2D eigenvalue weighted by Gasteiger charge is -2.26. The Balaban J connectivity index is 1.63. The summed E-state index contributed by atoms with van der Waals surface area (Å²) in [5.74, 6) is 1.84. The van der Waals surface area contributed by atoms with Crippen LogP contribution in [-0.2, 0) is 12.8 Å². The van der Waals surface area contributed by atoms with Crippen LogP contribution in [0.25, 0.3) is 5.78 Å². The smallest absolute Gasteiger partial charge is 0.235 e. The summed E-state index contributed by atoms with van der Waals surface area (Å²) in [7, 11) is 0. The largest absolute Gasteiger partial charge is 0.368 e. The van der Waals surface area contributed by atoms with Crippen LogP contribution < -0.4 is 5.32 Å². The average Bonchev–Trinajstić information content (AvgIpc) is 2.95. The number of fused-ring (bicyclic) bond motifs is 2. The van der Waals surface area contributed by atoms with Crippen molar-refractivity contribution in [2.75, 3.05) is 5.32 Å². The zero-order chi connectivity index (χ0) is 14.2. The molecule has 0 spiro atoms. The van der Waals surface area contributed by atoms with Crippen molar-refractivity contribution in [1.82, 2.24) is 14.4 Å². The molecule has 0 fully saturated rings. The minimum Gasteiger partial charge on any atom is -0.368 e. The van der Waals surface area contributed by atoms with Crippen LogP contribution in [0, 0.1) is 6.92 Å². The molecule has 0 saturated carbocycles. The number of nitrogens with one attached hydrogen (secondary N) is 1. The fraction of sp³-hybridized carbons (Fsp3) is 0.294. The van der Waals surface area contributed by atoms with E-state index in [2.05, 4.69) is 45.6 Å². The summed E-state index contributed by atoms with van der Waals surface area (Å²) in [6, 6.07) is 11.3. The van der Waals surface area contributed by atoms with Gasteiger partial charge < -0.3 is 5.32 Å². The zero-order valence-corrected chi connectivity index (χ0v) is 12.1. The quantitative estimate of drug-likeness (QED) is 0.783. The third-order valence-corrected chi connectivity index (χ3v) is 4.20. The van der Waals surface area contributed by atoms with Gasteiger partial charge in [0.25, 0.3) is 0 Å². The van der Waals surface area contributed by atoms with Crippen molar-refractivity contribution < 1.29 is 0 Å². The molecule has 4 rings (SSSR count). The van der Waals surface area contributed by atoms with Gasteiger partial charge in [0, 0.05) is 30.2 Å². The van der Waals surface area contributed by atoms with E-state index in [0.29, 0.717) is 6.04 Å². The number of aryl methyl sites for hydroxylation is 2. The Bertz CT molecular complexity index is 790. The van der Waals surface area contributed by atoms with E-state index in [1.54, 1.807) is 6.20 Å². The maximum atomic E-state index is 4.44. The minimum absolute atomic E-state index is 0.465. The Morgan fingerprint density at radius 3 is 3.00 bits per heavy atom. The summed E-state index contributed by atoms with van der Waals surface area (Å²) in [5.41, 5.74) is 3.95. The second-order valence-electron chi connectivity index (χ2n) is 5.73. The first kappa shape index (κ1) is 12.4. The van der Waals surface area contributed by atoms with E-state index in [1.807, 2.05) is 17.5 Å².